The molecular formula is C18H30N4O2. The second-order valence-electron chi connectivity index (χ2n) is 7.47. The normalized spacial score (nSPS) is 20.7. The lowest BCUT2D eigenvalue weighted by atomic mass is 10.0. The number of nitrogens with one attached hydrogen (secondary N) is 2. The lowest BCUT2D eigenvalue weighted by molar-refractivity contribution is 0.0519. The van der Waals surface area contributed by atoms with E-state index in [2.05, 4.69) is 27.5 Å². The quantitative estimate of drug-likeness (QED) is 0.862. The Morgan fingerprint density at radius 1 is 1.33 bits per heavy atom. The first-order valence-corrected chi connectivity index (χ1v) is 8.85. The first-order chi connectivity index (χ1) is 11.3. The van der Waals surface area contributed by atoms with Crippen LogP contribution in [0.4, 0.5) is 10.6 Å². The van der Waals surface area contributed by atoms with Crippen molar-refractivity contribution in [2.75, 3.05) is 11.9 Å². The van der Waals surface area contributed by atoms with Crippen molar-refractivity contribution >= 4 is 11.9 Å². The van der Waals surface area contributed by atoms with Crippen molar-refractivity contribution in [3.05, 3.63) is 17.6 Å². The zero-order valence-electron chi connectivity index (χ0n) is 15.5. The lowest BCUT2D eigenvalue weighted by Crippen LogP contribution is -2.38. The first-order valence-electron chi connectivity index (χ1n) is 8.85. The van der Waals surface area contributed by atoms with Gasteiger partial charge in [0.2, 0.25) is 0 Å². The summed E-state index contributed by atoms with van der Waals surface area (Å²) in [5.41, 5.74) is 0.582. The molecule has 1 saturated carbocycles. The van der Waals surface area contributed by atoms with E-state index in [-0.39, 0.29) is 6.09 Å². The van der Waals surface area contributed by atoms with Crippen LogP contribution < -0.4 is 10.6 Å². The molecule has 2 unspecified atom stereocenters. The van der Waals surface area contributed by atoms with E-state index in [0.29, 0.717) is 18.5 Å². The van der Waals surface area contributed by atoms with Crippen LogP contribution in [0.3, 0.4) is 0 Å². The number of carbonyl (C=O) groups excluding carboxylic acids is 1. The van der Waals surface area contributed by atoms with E-state index in [4.69, 9.17) is 4.74 Å². The van der Waals surface area contributed by atoms with Crippen molar-refractivity contribution in [3.63, 3.8) is 0 Å². The van der Waals surface area contributed by atoms with E-state index in [1.165, 1.54) is 0 Å². The molecule has 1 aromatic rings. The molecule has 0 saturated heterocycles. The predicted molar refractivity (Wildman–Crippen MR) is 95.1 cm³/mol. The highest BCUT2D eigenvalue weighted by molar-refractivity contribution is 5.67. The van der Waals surface area contributed by atoms with Gasteiger partial charge in [-0.05, 0) is 52.9 Å². The van der Waals surface area contributed by atoms with E-state index < -0.39 is 5.60 Å². The zero-order chi connectivity index (χ0) is 17.7. The van der Waals surface area contributed by atoms with E-state index in [1.54, 1.807) is 0 Å². The van der Waals surface area contributed by atoms with Crippen LogP contribution in [-0.4, -0.2) is 34.2 Å². The number of hydrogen-bond donors (Lipinski definition) is 2. The number of aryl methyl sites for hydroxylation is 2. The molecule has 0 aliphatic heterocycles. The lowest BCUT2D eigenvalue weighted by Gasteiger charge is -2.24. The van der Waals surface area contributed by atoms with Gasteiger partial charge in [-0.1, -0.05) is 13.3 Å². The standard InChI is InChI=1S/C18H30N4O2/c1-6-14-10-16(21-12(2)20-14)22-15-9-7-8-13(15)11-19-17(23)24-18(3,4)5/h10,13,15H,6-9,11H2,1-5H3,(H,19,23)(H,20,21,22). The van der Waals surface area contributed by atoms with Gasteiger partial charge in [-0.25, -0.2) is 14.8 Å². The van der Waals surface area contributed by atoms with Crippen molar-refractivity contribution in [2.45, 2.75) is 71.9 Å². The third kappa shape index (κ3) is 5.65. The van der Waals surface area contributed by atoms with Crippen molar-refractivity contribution in [3.8, 4) is 0 Å². The third-order valence-corrected chi connectivity index (χ3v) is 4.15. The van der Waals surface area contributed by atoms with E-state index >= 15 is 0 Å². The summed E-state index contributed by atoms with van der Waals surface area (Å²) in [6.45, 7) is 10.2. The number of amides is 1. The molecule has 1 aromatic heterocycles. The highest BCUT2D eigenvalue weighted by atomic mass is 16.6. The Bertz CT molecular complexity index is 569. The van der Waals surface area contributed by atoms with Gasteiger partial charge in [0.25, 0.3) is 0 Å². The van der Waals surface area contributed by atoms with Crippen LogP contribution in [0.1, 0.15) is 58.5 Å². The van der Waals surface area contributed by atoms with Crippen molar-refractivity contribution in [1.82, 2.24) is 15.3 Å². The molecule has 2 atom stereocenters. The topological polar surface area (TPSA) is 76.1 Å². The molecule has 6 nitrogen and oxygen atoms in total. The average molecular weight is 334 g/mol. The molecule has 1 aliphatic rings. The number of nitrogens with zero attached hydrogens (tertiary/aromatic N) is 2. The fraction of sp³-hybridized carbons (Fsp3) is 0.722. The Morgan fingerprint density at radius 2 is 2.08 bits per heavy atom. The third-order valence-electron chi connectivity index (χ3n) is 4.15. The summed E-state index contributed by atoms with van der Waals surface area (Å²) < 4.78 is 5.31. The molecule has 134 valence electrons. The molecule has 1 amide bonds. The van der Waals surface area contributed by atoms with Gasteiger partial charge < -0.3 is 15.4 Å². The monoisotopic (exact) mass is 334 g/mol. The highest BCUT2D eigenvalue weighted by Crippen LogP contribution is 2.28. The van der Waals surface area contributed by atoms with Gasteiger partial charge in [0.15, 0.2) is 0 Å². The summed E-state index contributed by atoms with van der Waals surface area (Å²) in [4.78, 5) is 20.7. The summed E-state index contributed by atoms with van der Waals surface area (Å²) in [5.74, 6) is 2.06. The zero-order valence-corrected chi connectivity index (χ0v) is 15.5. The first kappa shape index (κ1) is 18.5. The smallest absolute Gasteiger partial charge is 0.407 e. The van der Waals surface area contributed by atoms with Gasteiger partial charge in [-0.2, -0.15) is 0 Å². The van der Waals surface area contributed by atoms with Crippen LogP contribution in [0.2, 0.25) is 0 Å². The predicted octanol–water partition coefficient (Wildman–Crippen LogP) is 3.45. The summed E-state index contributed by atoms with van der Waals surface area (Å²) in [7, 11) is 0. The second kappa shape index (κ2) is 7.81. The Labute approximate surface area is 144 Å². The Morgan fingerprint density at radius 3 is 2.75 bits per heavy atom. The minimum Gasteiger partial charge on any atom is -0.444 e. The van der Waals surface area contributed by atoms with E-state index in [0.717, 1.165) is 43.0 Å². The molecule has 1 fully saturated rings. The van der Waals surface area contributed by atoms with Crippen molar-refractivity contribution in [1.29, 1.82) is 0 Å². The maximum Gasteiger partial charge on any atom is 0.407 e. The SMILES string of the molecule is CCc1cc(NC2CCCC2CNC(=O)OC(C)(C)C)nc(C)n1. The number of carbonyl (C=O) groups is 1. The molecular weight excluding hydrogens is 304 g/mol. The Hall–Kier alpha value is -1.85. The maximum atomic E-state index is 11.8. The van der Waals surface area contributed by atoms with Gasteiger partial charge in [0.05, 0.1) is 0 Å². The van der Waals surface area contributed by atoms with Crippen LogP contribution in [0, 0.1) is 12.8 Å². The van der Waals surface area contributed by atoms with Crippen molar-refractivity contribution in [2.24, 2.45) is 5.92 Å². The highest BCUT2D eigenvalue weighted by Gasteiger charge is 2.28. The maximum absolute atomic E-state index is 11.8. The summed E-state index contributed by atoms with van der Waals surface area (Å²) >= 11 is 0. The minimum absolute atomic E-state index is 0.318. The van der Waals surface area contributed by atoms with E-state index in [1.807, 2.05) is 33.8 Å². The number of anilines is 1. The molecule has 1 heterocycles. The number of alkyl carbamates (subject to hydrolysis) is 1. The van der Waals surface area contributed by atoms with Gasteiger partial charge in [0, 0.05) is 24.3 Å². The number of rotatable bonds is 5. The molecule has 6 heteroatoms. The summed E-state index contributed by atoms with van der Waals surface area (Å²) in [5, 5.41) is 6.43. The number of hydrogen-bond acceptors (Lipinski definition) is 5. The fourth-order valence-electron chi connectivity index (χ4n) is 3.07. The minimum atomic E-state index is -0.466. The van der Waals surface area contributed by atoms with Gasteiger partial charge in [0.1, 0.15) is 17.2 Å². The molecule has 1 aliphatic carbocycles. The van der Waals surface area contributed by atoms with Gasteiger partial charge in [-0.15, -0.1) is 0 Å². The molecule has 0 spiro atoms. The number of ether oxygens (including phenoxy) is 1. The van der Waals surface area contributed by atoms with Crippen LogP contribution in [0.25, 0.3) is 0 Å². The van der Waals surface area contributed by atoms with Crippen LogP contribution in [0.5, 0.6) is 0 Å². The molecule has 0 aromatic carbocycles. The molecule has 0 radical (unpaired) electrons. The van der Waals surface area contributed by atoms with Crippen LogP contribution in [-0.2, 0) is 11.2 Å². The molecule has 2 rings (SSSR count). The van der Waals surface area contributed by atoms with Crippen LogP contribution >= 0.6 is 0 Å². The van der Waals surface area contributed by atoms with E-state index in [9.17, 15) is 4.79 Å². The Kier molecular flexibility index (Phi) is 6.02. The largest absolute Gasteiger partial charge is 0.444 e. The average Bonchev–Trinajstić information content (AvgIpc) is 2.90. The molecule has 24 heavy (non-hydrogen) atoms. The Balaban J connectivity index is 1.91. The second-order valence-corrected chi connectivity index (χ2v) is 7.47. The van der Waals surface area contributed by atoms with Crippen molar-refractivity contribution < 1.29 is 9.53 Å². The molecule has 0 bridgehead atoms. The fourth-order valence-corrected chi connectivity index (χ4v) is 3.07. The summed E-state index contributed by atoms with van der Waals surface area (Å²) in [6, 6.07) is 2.34. The van der Waals surface area contributed by atoms with Gasteiger partial charge >= 0.3 is 6.09 Å². The summed E-state index contributed by atoms with van der Waals surface area (Å²) in [6.07, 6.45) is 3.89. The van der Waals surface area contributed by atoms with Gasteiger partial charge in [-0.3, -0.25) is 0 Å². The number of aromatic nitrogens is 2. The molecule has 2 N–H and O–H groups in total. The van der Waals surface area contributed by atoms with Crippen LogP contribution in [0.15, 0.2) is 6.07 Å².